The Morgan fingerprint density at radius 1 is 1.40 bits per heavy atom. The Morgan fingerprint density at radius 3 is 2.80 bits per heavy atom. The second-order valence-corrected chi connectivity index (χ2v) is 8.11. The van der Waals surface area contributed by atoms with Crippen molar-refractivity contribution in [1.82, 2.24) is 4.98 Å². The minimum absolute atomic E-state index is 0.0230. The van der Waals surface area contributed by atoms with Crippen LogP contribution >= 0.6 is 36.2 Å². The lowest BCUT2D eigenvalue weighted by molar-refractivity contribution is 0.0696. The van der Waals surface area contributed by atoms with Crippen molar-refractivity contribution < 1.29 is 9.90 Å². The second kappa shape index (κ2) is 9.76. The van der Waals surface area contributed by atoms with E-state index in [1.165, 1.54) is 17.8 Å². The van der Waals surface area contributed by atoms with Crippen LogP contribution in [0.25, 0.3) is 11.3 Å². The van der Waals surface area contributed by atoms with Crippen LogP contribution < -0.4 is 0 Å². The summed E-state index contributed by atoms with van der Waals surface area (Å²) in [7, 11) is 0. The summed E-state index contributed by atoms with van der Waals surface area (Å²) < 4.78 is 0. The molecule has 1 aromatic heterocycles. The fourth-order valence-electron chi connectivity index (χ4n) is 2.13. The minimum atomic E-state index is -1.13. The van der Waals surface area contributed by atoms with E-state index in [4.69, 9.17) is 0 Å². The molecule has 1 aromatic carbocycles. The predicted octanol–water partition coefficient (Wildman–Crippen LogP) is 5.19. The van der Waals surface area contributed by atoms with Gasteiger partial charge >= 0.3 is 5.97 Å². The zero-order valence-electron chi connectivity index (χ0n) is 13.7. The van der Waals surface area contributed by atoms with Gasteiger partial charge in [-0.15, -0.1) is 12.6 Å². The maximum Gasteiger partial charge on any atom is 0.337 e. The van der Waals surface area contributed by atoms with Crippen molar-refractivity contribution in [3.63, 3.8) is 0 Å². The highest BCUT2D eigenvalue weighted by Gasteiger charge is 2.19. The molecule has 0 aliphatic heterocycles. The average molecular weight is 391 g/mol. The van der Waals surface area contributed by atoms with Crippen LogP contribution in [0.3, 0.4) is 0 Å². The van der Waals surface area contributed by atoms with E-state index in [1.807, 2.05) is 30.3 Å². The lowest BCUT2D eigenvalue weighted by Gasteiger charge is -2.11. The number of hydrogen-bond donors (Lipinski definition) is 2. The molecule has 0 unspecified atom stereocenters. The van der Waals surface area contributed by atoms with E-state index >= 15 is 0 Å². The molecule has 0 spiro atoms. The van der Waals surface area contributed by atoms with Crippen LogP contribution in [0.5, 0.6) is 0 Å². The van der Waals surface area contributed by atoms with Crippen LogP contribution in [0.2, 0.25) is 0 Å². The molecule has 1 N–H and O–H groups in total. The van der Waals surface area contributed by atoms with Crippen LogP contribution in [0, 0.1) is 11.3 Å². The zero-order chi connectivity index (χ0) is 18.2. The number of thiol groups is 1. The number of aromatic nitrogens is 1. The number of hydrogen-bond acceptors (Lipinski definition) is 6. The molecule has 2 rings (SSSR count). The molecule has 7 heteroatoms. The van der Waals surface area contributed by atoms with Gasteiger partial charge in [-0.3, -0.25) is 0 Å². The molecule has 0 saturated carbocycles. The Kier molecular flexibility index (Phi) is 7.69. The van der Waals surface area contributed by atoms with E-state index in [0.29, 0.717) is 15.6 Å². The molecule has 0 atom stereocenters. The summed E-state index contributed by atoms with van der Waals surface area (Å²) in [5.41, 5.74) is 1.36. The molecule has 0 saturated heterocycles. The van der Waals surface area contributed by atoms with E-state index in [0.717, 1.165) is 29.2 Å². The van der Waals surface area contributed by atoms with Crippen molar-refractivity contribution in [2.24, 2.45) is 0 Å². The molecule has 1 heterocycles. The van der Waals surface area contributed by atoms with Crippen molar-refractivity contribution in [3.05, 3.63) is 41.5 Å². The zero-order valence-corrected chi connectivity index (χ0v) is 16.3. The van der Waals surface area contributed by atoms with Gasteiger partial charge in [0.1, 0.15) is 11.1 Å². The first-order valence-electron chi connectivity index (χ1n) is 7.75. The second-order valence-electron chi connectivity index (χ2n) is 5.19. The van der Waals surface area contributed by atoms with Gasteiger partial charge in [0, 0.05) is 15.5 Å². The van der Waals surface area contributed by atoms with E-state index in [2.05, 4.69) is 24.5 Å². The number of carboxylic acid groups (broad SMARTS) is 1. The van der Waals surface area contributed by atoms with Gasteiger partial charge in [0.05, 0.1) is 16.8 Å². The lowest BCUT2D eigenvalue weighted by Crippen LogP contribution is -2.05. The van der Waals surface area contributed by atoms with Crippen LogP contribution in [0.1, 0.15) is 35.7 Å². The first-order valence-corrected chi connectivity index (χ1v) is 10.3. The number of rotatable bonds is 8. The maximum absolute atomic E-state index is 11.6. The Morgan fingerprint density at radius 2 is 2.16 bits per heavy atom. The fourth-order valence-corrected chi connectivity index (χ4v) is 4.62. The van der Waals surface area contributed by atoms with Gasteiger partial charge in [0.2, 0.25) is 0 Å². The molecule has 130 valence electrons. The summed E-state index contributed by atoms with van der Waals surface area (Å²) in [6.07, 6.45) is 2.27. The number of thioether (sulfide) groups is 2. The smallest absolute Gasteiger partial charge is 0.337 e. The third-order valence-corrected chi connectivity index (χ3v) is 6.10. The summed E-state index contributed by atoms with van der Waals surface area (Å²) >= 11 is 7.60. The number of pyridine rings is 1. The van der Waals surface area contributed by atoms with Crippen molar-refractivity contribution in [2.45, 2.75) is 29.7 Å². The highest BCUT2D eigenvalue weighted by molar-refractivity contribution is 8.15. The molecule has 0 fully saturated rings. The van der Waals surface area contributed by atoms with Crippen LogP contribution in [0.15, 0.2) is 40.3 Å². The molecule has 25 heavy (non-hydrogen) atoms. The van der Waals surface area contributed by atoms with Crippen LogP contribution in [-0.2, 0) is 0 Å². The molecule has 0 aliphatic rings. The third-order valence-electron chi connectivity index (χ3n) is 3.43. The van der Waals surface area contributed by atoms with E-state index in [9.17, 15) is 15.2 Å². The van der Waals surface area contributed by atoms with Crippen molar-refractivity contribution in [3.8, 4) is 17.3 Å². The van der Waals surface area contributed by atoms with Gasteiger partial charge in [-0.25, -0.2) is 9.78 Å². The molecular formula is C18H18N2O2S3. The quantitative estimate of drug-likeness (QED) is 0.280. The van der Waals surface area contributed by atoms with Gasteiger partial charge in [-0.1, -0.05) is 43.3 Å². The number of carboxylic acids is 1. The SMILES string of the molecule is CCCCSCSc1nc(-c2ccccc2S)cc(C(=O)O)c1C#N. The number of unbranched alkanes of at least 4 members (excludes halogenated alkanes) is 1. The molecule has 0 radical (unpaired) electrons. The van der Waals surface area contributed by atoms with Crippen molar-refractivity contribution in [1.29, 1.82) is 5.26 Å². The Balaban J connectivity index is 2.41. The van der Waals surface area contributed by atoms with Gasteiger partial charge < -0.3 is 5.11 Å². The molecule has 0 amide bonds. The third kappa shape index (κ3) is 5.18. The first-order chi connectivity index (χ1) is 12.1. The van der Waals surface area contributed by atoms with Gasteiger partial charge in [-0.05, 0) is 24.3 Å². The summed E-state index contributed by atoms with van der Waals surface area (Å²) in [5, 5.41) is 20.1. The summed E-state index contributed by atoms with van der Waals surface area (Å²) in [6, 6.07) is 10.8. The summed E-state index contributed by atoms with van der Waals surface area (Å²) in [6.45, 7) is 2.14. The number of nitrogens with zero attached hydrogens (tertiary/aromatic N) is 2. The Bertz CT molecular complexity index is 803. The van der Waals surface area contributed by atoms with E-state index < -0.39 is 5.97 Å². The van der Waals surface area contributed by atoms with Gasteiger partial charge in [0.15, 0.2) is 0 Å². The summed E-state index contributed by atoms with van der Waals surface area (Å²) in [4.78, 5) is 16.9. The van der Waals surface area contributed by atoms with Crippen molar-refractivity contribution in [2.75, 3.05) is 10.8 Å². The standard InChI is InChI=1S/C18H18N2O2S3/c1-2-3-8-24-11-25-17-14(10-19)13(18(21)22)9-15(20-17)12-6-4-5-7-16(12)23/h4-7,9,23H,2-3,8,11H2,1H3,(H,21,22). The highest BCUT2D eigenvalue weighted by Crippen LogP contribution is 2.32. The Labute approximate surface area is 161 Å². The first kappa shape index (κ1) is 19.7. The summed E-state index contributed by atoms with van der Waals surface area (Å²) in [5.74, 6) is -0.0894. The van der Waals surface area contributed by atoms with Crippen LogP contribution in [-0.4, -0.2) is 26.9 Å². The molecule has 0 aliphatic carbocycles. The van der Waals surface area contributed by atoms with Gasteiger partial charge in [0.25, 0.3) is 0 Å². The van der Waals surface area contributed by atoms with E-state index in [1.54, 1.807) is 11.8 Å². The largest absolute Gasteiger partial charge is 0.478 e. The normalized spacial score (nSPS) is 10.4. The van der Waals surface area contributed by atoms with Crippen LogP contribution in [0.4, 0.5) is 0 Å². The minimum Gasteiger partial charge on any atom is -0.478 e. The Hall–Kier alpha value is -1.62. The lowest BCUT2D eigenvalue weighted by atomic mass is 10.1. The topological polar surface area (TPSA) is 74.0 Å². The number of benzene rings is 1. The number of carbonyl (C=O) groups is 1. The monoisotopic (exact) mass is 390 g/mol. The molecule has 2 aromatic rings. The number of aromatic carboxylic acids is 1. The molecular weight excluding hydrogens is 372 g/mol. The van der Waals surface area contributed by atoms with E-state index in [-0.39, 0.29) is 11.1 Å². The van der Waals surface area contributed by atoms with Gasteiger partial charge in [-0.2, -0.15) is 17.0 Å². The highest BCUT2D eigenvalue weighted by atomic mass is 32.2. The number of nitriles is 1. The predicted molar refractivity (Wildman–Crippen MR) is 107 cm³/mol. The van der Waals surface area contributed by atoms with Crippen molar-refractivity contribution >= 4 is 42.1 Å². The molecule has 0 bridgehead atoms. The average Bonchev–Trinajstić information content (AvgIpc) is 2.61. The maximum atomic E-state index is 11.6. The molecule has 4 nitrogen and oxygen atoms in total. The fraction of sp³-hybridized carbons (Fsp3) is 0.278.